The average Bonchev–Trinajstić information content (AvgIpc) is 3.14. The number of carboxylic acids is 2. The van der Waals surface area contributed by atoms with Crippen LogP contribution in [0.1, 0.15) is 18.4 Å². The third kappa shape index (κ3) is 5.95. The maximum atomic E-state index is 12.1. The number of para-hydroxylation sites is 1. The number of rotatable bonds is 11. The Labute approximate surface area is 164 Å². The monoisotopic (exact) mass is 430 g/mol. The molecule has 2 atom stereocenters. The fraction of sp³-hybridized carbons (Fsp3) is 0.333. The first-order chi connectivity index (χ1) is 13.7. The van der Waals surface area contributed by atoms with Gasteiger partial charge in [0.2, 0.25) is 5.89 Å². The molecule has 13 nitrogen and oxygen atoms in total. The molecule has 0 aliphatic rings. The lowest BCUT2D eigenvalue weighted by molar-refractivity contribution is -0.140. The minimum Gasteiger partial charge on any atom is -0.496 e. The highest BCUT2D eigenvalue weighted by Crippen LogP contribution is 2.30. The van der Waals surface area contributed by atoms with Gasteiger partial charge in [0.1, 0.15) is 17.8 Å². The van der Waals surface area contributed by atoms with Gasteiger partial charge in [0.15, 0.2) is 0 Å². The number of nitrogens with zero attached hydrogens (tertiary/aromatic N) is 2. The first-order valence-corrected chi connectivity index (χ1v) is 9.47. The number of hydrogen-bond donors (Lipinski definition) is 5. The zero-order valence-electron chi connectivity index (χ0n) is 15.0. The minimum atomic E-state index is -4.56. The van der Waals surface area contributed by atoms with E-state index in [0.717, 1.165) is 0 Å². The lowest BCUT2D eigenvalue weighted by Crippen LogP contribution is -2.49. The number of benzene rings is 1. The summed E-state index contributed by atoms with van der Waals surface area (Å²) in [6, 6.07) is 3.27. The summed E-state index contributed by atoms with van der Waals surface area (Å²) in [6.45, 7) is -1.02. The van der Waals surface area contributed by atoms with E-state index >= 15 is 0 Å². The van der Waals surface area contributed by atoms with E-state index in [0.29, 0.717) is 11.3 Å². The summed E-state index contributed by atoms with van der Waals surface area (Å²) in [4.78, 5) is 22.0. The lowest BCUT2D eigenvalue weighted by Gasteiger charge is -2.16. The molecule has 0 bridgehead atoms. The van der Waals surface area contributed by atoms with Crippen LogP contribution in [-0.2, 0) is 19.8 Å². The molecule has 2 aromatic rings. The molecule has 0 aliphatic carbocycles. The molecule has 5 N–H and O–H groups in total. The summed E-state index contributed by atoms with van der Waals surface area (Å²) in [5.41, 5.74) is 0.398. The largest absolute Gasteiger partial charge is 0.496 e. The Morgan fingerprint density at radius 2 is 1.90 bits per heavy atom. The van der Waals surface area contributed by atoms with Crippen molar-refractivity contribution in [3.8, 4) is 17.2 Å². The van der Waals surface area contributed by atoms with Crippen LogP contribution in [-0.4, -0.2) is 65.6 Å². The fourth-order valence-electron chi connectivity index (χ4n) is 2.23. The second kappa shape index (κ2) is 9.42. The normalized spacial score (nSPS) is 13.6. The third-order valence-corrected chi connectivity index (χ3v) is 4.72. The highest BCUT2D eigenvalue weighted by atomic mass is 32.2. The Morgan fingerprint density at radius 3 is 2.48 bits per heavy atom. The molecule has 1 heterocycles. The van der Waals surface area contributed by atoms with Crippen molar-refractivity contribution in [2.24, 2.45) is 0 Å². The highest BCUT2D eigenvalue weighted by Gasteiger charge is 2.30. The van der Waals surface area contributed by atoms with Crippen LogP contribution < -0.4 is 14.2 Å². The molecular formula is C15H18N4O9S. The van der Waals surface area contributed by atoms with Gasteiger partial charge in [0.05, 0.1) is 25.7 Å². The molecule has 0 aliphatic heterocycles. The van der Waals surface area contributed by atoms with Crippen molar-refractivity contribution < 1.29 is 42.5 Å². The average molecular weight is 430 g/mol. The molecule has 0 radical (unpaired) electrons. The molecule has 1 aromatic carbocycles. The second-order valence-corrected chi connectivity index (χ2v) is 7.09. The smallest absolute Gasteiger partial charge is 0.324 e. The van der Waals surface area contributed by atoms with Crippen LogP contribution in [0.3, 0.4) is 0 Å². The molecular weight excluding hydrogens is 412 g/mol. The molecule has 0 saturated heterocycles. The van der Waals surface area contributed by atoms with E-state index in [9.17, 15) is 18.0 Å². The van der Waals surface area contributed by atoms with E-state index in [1.54, 1.807) is 29.0 Å². The molecule has 2 rings (SSSR count). The Kier molecular flexibility index (Phi) is 7.22. The summed E-state index contributed by atoms with van der Waals surface area (Å²) in [7, 11) is -3.14. The van der Waals surface area contributed by atoms with Crippen molar-refractivity contribution in [2.75, 3.05) is 13.7 Å². The Morgan fingerprint density at radius 1 is 1.21 bits per heavy atom. The lowest BCUT2D eigenvalue weighted by atomic mass is 10.2. The van der Waals surface area contributed by atoms with Crippen molar-refractivity contribution in [1.29, 1.82) is 0 Å². The maximum absolute atomic E-state index is 12.1. The number of hydrogen-bond acceptors (Lipinski definition) is 9. The van der Waals surface area contributed by atoms with Crippen LogP contribution >= 0.6 is 0 Å². The summed E-state index contributed by atoms with van der Waals surface area (Å²) >= 11 is 0. The Hall–Kier alpha value is -3.07. The van der Waals surface area contributed by atoms with Crippen molar-refractivity contribution in [1.82, 2.24) is 19.6 Å². The van der Waals surface area contributed by atoms with Gasteiger partial charge in [-0.05, 0) is 12.1 Å². The SMILES string of the molecule is COc1ccccc1-c1nnc([C@H](CC(=O)O)NS(=O)(=O)N[C@@H](CO)C(=O)O)o1. The number of nitrogens with one attached hydrogen (secondary N) is 2. The van der Waals surface area contributed by atoms with Crippen LogP contribution in [0.4, 0.5) is 0 Å². The first-order valence-electron chi connectivity index (χ1n) is 7.98. The van der Waals surface area contributed by atoms with Crippen molar-refractivity contribution in [3.05, 3.63) is 30.2 Å². The first kappa shape index (κ1) is 22.2. The number of aromatic nitrogens is 2. The van der Waals surface area contributed by atoms with Crippen molar-refractivity contribution in [2.45, 2.75) is 18.5 Å². The molecule has 14 heteroatoms. The van der Waals surface area contributed by atoms with Gasteiger partial charge in [0, 0.05) is 0 Å². The van der Waals surface area contributed by atoms with E-state index in [2.05, 4.69) is 10.2 Å². The number of carbonyl (C=O) groups is 2. The van der Waals surface area contributed by atoms with Crippen LogP contribution in [0, 0.1) is 0 Å². The van der Waals surface area contributed by atoms with Crippen LogP contribution in [0.15, 0.2) is 28.7 Å². The second-order valence-electron chi connectivity index (χ2n) is 5.61. The Bertz CT molecular complexity index is 976. The van der Waals surface area contributed by atoms with Gasteiger partial charge in [-0.25, -0.2) is 0 Å². The number of aliphatic hydroxyl groups is 1. The third-order valence-electron chi connectivity index (χ3n) is 3.53. The molecule has 1 aromatic heterocycles. The van der Waals surface area contributed by atoms with Gasteiger partial charge in [-0.15, -0.1) is 10.2 Å². The highest BCUT2D eigenvalue weighted by molar-refractivity contribution is 7.87. The summed E-state index contributed by atoms with van der Waals surface area (Å²) in [5, 5.41) is 34.3. The summed E-state index contributed by atoms with van der Waals surface area (Å²) in [5.74, 6) is -3.02. The minimum absolute atomic E-state index is 0.0428. The number of aliphatic hydroxyl groups excluding tert-OH is 1. The standard InChI is InChI=1S/C15H18N4O9S/c1-27-11-5-3-2-4-8(11)13-16-17-14(28-13)9(6-12(21)22)18-29(25,26)19-10(7-20)15(23)24/h2-5,9-10,18-20H,6-7H2,1H3,(H,21,22)(H,23,24)/t9-,10-/m0/s1. The molecule has 0 saturated carbocycles. The van der Waals surface area contributed by atoms with Crippen LogP contribution in [0.5, 0.6) is 5.75 Å². The number of carboxylic acid groups (broad SMARTS) is 2. The van der Waals surface area contributed by atoms with Crippen molar-refractivity contribution in [3.63, 3.8) is 0 Å². The fourth-order valence-corrected chi connectivity index (χ4v) is 3.41. The zero-order chi connectivity index (χ0) is 21.6. The van der Waals surface area contributed by atoms with Crippen molar-refractivity contribution >= 4 is 22.1 Å². The van der Waals surface area contributed by atoms with Crippen LogP contribution in [0.2, 0.25) is 0 Å². The zero-order valence-corrected chi connectivity index (χ0v) is 15.8. The quantitative estimate of drug-likeness (QED) is 0.296. The summed E-state index contributed by atoms with van der Waals surface area (Å²) in [6.07, 6.45) is -0.772. The van der Waals surface area contributed by atoms with E-state index in [1.165, 1.54) is 7.11 Å². The van der Waals surface area contributed by atoms with E-state index in [1.807, 2.05) is 4.72 Å². The van der Waals surface area contributed by atoms with Gasteiger partial charge >= 0.3 is 11.9 Å². The number of ether oxygens (including phenoxy) is 1. The van der Waals surface area contributed by atoms with E-state index in [-0.39, 0.29) is 11.8 Å². The van der Waals surface area contributed by atoms with Gasteiger partial charge < -0.3 is 24.5 Å². The molecule has 0 amide bonds. The van der Waals surface area contributed by atoms with Gasteiger partial charge in [-0.1, -0.05) is 12.1 Å². The number of aliphatic carboxylic acids is 2. The number of methoxy groups -OCH3 is 1. The van der Waals surface area contributed by atoms with E-state index < -0.39 is 47.3 Å². The predicted octanol–water partition coefficient (Wildman–Crippen LogP) is -0.869. The molecule has 0 fully saturated rings. The van der Waals surface area contributed by atoms with E-state index in [4.69, 9.17) is 24.5 Å². The maximum Gasteiger partial charge on any atom is 0.324 e. The molecule has 158 valence electrons. The molecule has 29 heavy (non-hydrogen) atoms. The molecule has 0 unspecified atom stereocenters. The predicted molar refractivity (Wildman–Crippen MR) is 95.0 cm³/mol. The summed E-state index contributed by atoms with van der Waals surface area (Å²) < 4.78 is 38.5. The molecule has 0 spiro atoms. The Balaban J connectivity index is 2.30. The van der Waals surface area contributed by atoms with Gasteiger partial charge in [-0.2, -0.15) is 17.9 Å². The van der Waals surface area contributed by atoms with Gasteiger partial charge in [-0.3, -0.25) is 9.59 Å². The van der Waals surface area contributed by atoms with Crippen LogP contribution in [0.25, 0.3) is 11.5 Å². The topological polar surface area (TPSA) is 201 Å². The van der Waals surface area contributed by atoms with Gasteiger partial charge in [0.25, 0.3) is 16.1 Å².